The Morgan fingerprint density at radius 1 is 0.938 bits per heavy atom. The van der Waals surface area contributed by atoms with Gasteiger partial charge in [-0.2, -0.15) is 0 Å². The van der Waals surface area contributed by atoms with Crippen molar-refractivity contribution >= 4 is 10.8 Å². The molecule has 0 aromatic heterocycles. The van der Waals surface area contributed by atoms with Crippen LogP contribution in [0.3, 0.4) is 0 Å². The molecule has 16 heavy (non-hydrogen) atoms. The van der Waals surface area contributed by atoms with Gasteiger partial charge in [0.25, 0.3) is 0 Å². The predicted molar refractivity (Wildman–Crippen MR) is 64.3 cm³/mol. The standard InChI is InChI=1S/C13H9N.H3NO/c1-2-6-11-10(5-1)9-13-12(11)7-3-4-8-14-13;1-2/h1-9H;2H,1H2. The van der Waals surface area contributed by atoms with E-state index in [9.17, 15) is 0 Å². The molecule has 1 aliphatic heterocycles. The second-order valence-electron chi connectivity index (χ2n) is 3.36. The van der Waals surface area contributed by atoms with Crippen LogP contribution in [-0.4, -0.2) is 10.2 Å². The molecule has 3 heteroatoms. The summed E-state index contributed by atoms with van der Waals surface area (Å²) >= 11 is 0. The smallest absolute Gasteiger partial charge is 0.0714 e. The Labute approximate surface area is 93.5 Å². The second kappa shape index (κ2) is 4.70. The van der Waals surface area contributed by atoms with E-state index < -0.39 is 0 Å². The molecular weight excluding hydrogens is 200 g/mol. The minimum Gasteiger partial charge on any atom is -0.320 e. The summed E-state index contributed by atoms with van der Waals surface area (Å²) in [4.78, 5) is 4.38. The fourth-order valence-electron chi connectivity index (χ4n) is 1.84. The van der Waals surface area contributed by atoms with Gasteiger partial charge in [-0.3, -0.25) is 4.98 Å². The molecule has 0 unspecified atom stereocenters. The van der Waals surface area contributed by atoms with E-state index in [0.29, 0.717) is 0 Å². The Morgan fingerprint density at radius 2 is 1.69 bits per heavy atom. The fourth-order valence-corrected chi connectivity index (χ4v) is 1.84. The molecule has 0 bridgehead atoms. The Balaban J connectivity index is 0.000000457. The maximum absolute atomic E-state index is 6.50. The van der Waals surface area contributed by atoms with Crippen molar-refractivity contribution < 1.29 is 5.21 Å². The summed E-state index contributed by atoms with van der Waals surface area (Å²) in [5.41, 5.74) is 2.29. The van der Waals surface area contributed by atoms with Gasteiger partial charge in [-0.1, -0.05) is 36.4 Å². The van der Waals surface area contributed by atoms with Gasteiger partial charge in [0.05, 0.1) is 5.69 Å². The molecule has 0 spiro atoms. The Morgan fingerprint density at radius 3 is 2.56 bits per heavy atom. The highest BCUT2D eigenvalue weighted by molar-refractivity contribution is 6.00. The van der Waals surface area contributed by atoms with Gasteiger partial charge in [0.15, 0.2) is 0 Å². The molecule has 0 radical (unpaired) electrons. The summed E-state index contributed by atoms with van der Waals surface area (Å²) in [5.74, 6) is 3.50. The first-order valence-corrected chi connectivity index (χ1v) is 4.93. The third kappa shape index (κ3) is 1.74. The van der Waals surface area contributed by atoms with Crippen LogP contribution >= 0.6 is 0 Å². The largest absolute Gasteiger partial charge is 0.320 e. The number of hydrogen-bond acceptors (Lipinski definition) is 3. The van der Waals surface area contributed by atoms with Crippen LogP contribution in [0, 0.1) is 0 Å². The SMILES string of the molecule is NO.c1ccc2c3ccccc3cc-2nc1. The molecule has 3 rings (SSSR count). The van der Waals surface area contributed by atoms with E-state index in [0.717, 1.165) is 5.69 Å². The lowest BCUT2D eigenvalue weighted by Gasteiger charge is -1.91. The quantitative estimate of drug-likeness (QED) is 0.563. The van der Waals surface area contributed by atoms with E-state index in [1.807, 2.05) is 18.3 Å². The van der Waals surface area contributed by atoms with Crippen LogP contribution in [0.25, 0.3) is 22.0 Å². The number of fused-ring (bicyclic) bond motifs is 3. The van der Waals surface area contributed by atoms with E-state index in [-0.39, 0.29) is 0 Å². The maximum Gasteiger partial charge on any atom is 0.0714 e. The van der Waals surface area contributed by atoms with Crippen molar-refractivity contribution in [1.82, 2.24) is 4.98 Å². The average Bonchev–Trinajstić information content (AvgIpc) is 2.54. The molecule has 3 nitrogen and oxygen atoms in total. The first kappa shape index (κ1) is 10.5. The topological polar surface area (TPSA) is 59.1 Å². The molecule has 0 saturated carbocycles. The highest BCUT2D eigenvalue weighted by Gasteiger charge is 2.07. The van der Waals surface area contributed by atoms with Crippen molar-refractivity contribution in [2.75, 3.05) is 0 Å². The monoisotopic (exact) mass is 212 g/mol. The van der Waals surface area contributed by atoms with Gasteiger partial charge in [0.2, 0.25) is 0 Å². The lowest BCUT2D eigenvalue weighted by atomic mass is 10.1. The molecule has 0 atom stereocenters. The van der Waals surface area contributed by atoms with Crippen LogP contribution in [-0.2, 0) is 0 Å². The molecule has 1 aliphatic carbocycles. The zero-order valence-electron chi connectivity index (χ0n) is 8.67. The van der Waals surface area contributed by atoms with Crippen LogP contribution in [0.2, 0.25) is 0 Å². The Kier molecular flexibility index (Phi) is 3.10. The molecular formula is C13H12N2O. The minimum atomic E-state index is 1.07. The van der Waals surface area contributed by atoms with Crippen molar-refractivity contribution in [3.05, 3.63) is 54.7 Å². The lowest BCUT2D eigenvalue weighted by Crippen LogP contribution is -1.72. The van der Waals surface area contributed by atoms with Crippen molar-refractivity contribution in [1.29, 1.82) is 0 Å². The summed E-state index contributed by atoms with van der Waals surface area (Å²) in [6.45, 7) is 0. The molecule has 2 aliphatic rings. The second-order valence-corrected chi connectivity index (χ2v) is 3.36. The minimum absolute atomic E-state index is 1.07. The molecule has 80 valence electrons. The van der Waals surface area contributed by atoms with E-state index in [4.69, 9.17) is 5.21 Å². The highest BCUT2D eigenvalue weighted by Crippen LogP contribution is 2.31. The number of benzene rings is 1. The average molecular weight is 212 g/mol. The molecule has 0 amide bonds. The maximum atomic E-state index is 6.50. The van der Waals surface area contributed by atoms with Gasteiger partial charge < -0.3 is 5.21 Å². The summed E-state index contributed by atoms with van der Waals surface area (Å²) < 4.78 is 0. The zero-order chi connectivity index (χ0) is 11.4. The fraction of sp³-hybridized carbons (Fsp3) is 0. The van der Waals surface area contributed by atoms with Gasteiger partial charge in [0.1, 0.15) is 0 Å². The third-order valence-electron chi connectivity index (χ3n) is 2.49. The normalized spacial score (nSPS) is 9.88. The summed E-state index contributed by atoms with van der Waals surface area (Å²) in [6.07, 6.45) is 1.83. The molecule has 3 N–H and O–H groups in total. The van der Waals surface area contributed by atoms with E-state index in [2.05, 4.69) is 47.3 Å². The molecule has 1 aromatic carbocycles. The van der Waals surface area contributed by atoms with E-state index in [1.54, 1.807) is 0 Å². The van der Waals surface area contributed by atoms with Crippen molar-refractivity contribution in [2.24, 2.45) is 5.90 Å². The van der Waals surface area contributed by atoms with Gasteiger partial charge in [-0.15, -0.1) is 0 Å². The summed E-state index contributed by atoms with van der Waals surface area (Å²) in [6, 6.07) is 16.6. The van der Waals surface area contributed by atoms with Gasteiger partial charge in [0, 0.05) is 11.8 Å². The van der Waals surface area contributed by atoms with Crippen LogP contribution in [0.15, 0.2) is 54.7 Å². The Hall–Kier alpha value is -1.97. The summed E-state index contributed by atoms with van der Waals surface area (Å²) in [7, 11) is 0. The highest BCUT2D eigenvalue weighted by atomic mass is 16.4. The van der Waals surface area contributed by atoms with Crippen molar-refractivity contribution in [2.45, 2.75) is 0 Å². The van der Waals surface area contributed by atoms with Crippen LogP contribution < -0.4 is 5.90 Å². The number of nitrogens with two attached hydrogens (primary N) is 1. The molecule has 1 aromatic rings. The van der Waals surface area contributed by atoms with Crippen LogP contribution in [0.4, 0.5) is 0 Å². The van der Waals surface area contributed by atoms with Crippen LogP contribution in [0.1, 0.15) is 0 Å². The predicted octanol–water partition coefficient (Wildman–Crippen LogP) is 2.67. The molecule has 1 heterocycles. The van der Waals surface area contributed by atoms with Crippen molar-refractivity contribution in [3.63, 3.8) is 0 Å². The number of hydrogen-bond donors (Lipinski definition) is 2. The first-order chi connectivity index (χ1) is 7.95. The third-order valence-corrected chi connectivity index (χ3v) is 2.49. The van der Waals surface area contributed by atoms with Gasteiger partial charge >= 0.3 is 0 Å². The molecule has 0 saturated heterocycles. The van der Waals surface area contributed by atoms with E-state index in [1.165, 1.54) is 16.3 Å². The van der Waals surface area contributed by atoms with Crippen molar-refractivity contribution in [3.8, 4) is 11.3 Å². The number of rotatable bonds is 0. The molecule has 0 fully saturated rings. The zero-order valence-corrected chi connectivity index (χ0v) is 8.67. The lowest BCUT2D eigenvalue weighted by molar-refractivity contribution is 0.311. The summed E-state index contributed by atoms with van der Waals surface area (Å²) in [5, 5.41) is 9.05. The number of nitrogens with zero attached hydrogens (tertiary/aromatic N) is 1. The number of aromatic nitrogens is 1. The van der Waals surface area contributed by atoms with Gasteiger partial charge in [-0.05, 0) is 22.9 Å². The Bertz CT molecular complexity index is 566. The first-order valence-electron chi connectivity index (χ1n) is 4.93. The van der Waals surface area contributed by atoms with Crippen LogP contribution in [0.5, 0.6) is 0 Å². The van der Waals surface area contributed by atoms with Gasteiger partial charge in [-0.25, -0.2) is 5.90 Å². The van der Waals surface area contributed by atoms with E-state index >= 15 is 0 Å².